The molecule has 0 saturated heterocycles. The van der Waals surface area contributed by atoms with Crippen LogP contribution in [0.4, 0.5) is 0 Å². The van der Waals surface area contributed by atoms with Crippen molar-refractivity contribution in [1.29, 1.82) is 0 Å². The van der Waals surface area contributed by atoms with Crippen molar-refractivity contribution in [3.8, 4) is 17.0 Å². The van der Waals surface area contributed by atoms with E-state index >= 15 is 0 Å². The molecule has 0 saturated carbocycles. The van der Waals surface area contributed by atoms with E-state index in [4.69, 9.17) is 9.72 Å². The van der Waals surface area contributed by atoms with Crippen LogP contribution < -0.4 is 4.74 Å². The highest BCUT2D eigenvalue weighted by Gasteiger charge is 2.22. The highest BCUT2D eigenvalue weighted by Crippen LogP contribution is 2.36. The maximum Gasteiger partial charge on any atom is 0.140 e. The number of imidazole rings is 1. The van der Waals surface area contributed by atoms with Crippen LogP contribution in [0.15, 0.2) is 42.6 Å². The fourth-order valence-corrected chi connectivity index (χ4v) is 2.88. The van der Waals surface area contributed by atoms with Crippen LogP contribution in [0.5, 0.6) is 5.75 Å². The van der Waals surface area contributed by atoms with Crippen molar-refractivity contribution in [2.24, 2.45) is 0 Å². The first-order valence-corrected chi connectivity index (χ1v) is 8.05. The average Bonchev–Trinajstić information content (AvgIpc) is 2.96. The molecule has 0 aliphatic heterocycles. The van der Waals surface area contributed by atoms with Gasteiger partial charge in [0.05, 0.1) is 24.1 Å². The lowest BCUT2D eigenvalue weighted by Gasteiger charge is -2.13. The lowest BCUT2D eigenvalue weighted by Crippen LogP contribution is -2.03. The lowest BCUT2D eigenvalue weighted by molar-refractivity contribution is 0.168. The quantitative estimate of drug-likeness (QED) is 0.770. The smallest absolute Gasteiger partial charge is 0.140 e. The zero-order chi connectivity index (χ0) is 16.4. The third kappa shape index (κ3) is 2.70. The van der Waals surface area contributed by atoms with Crippen molar-refractivity contribution in [1.82, 2.24) is 9.38 Å². The van der Waals surface area contributed by atoms with E-state index in [1.807, 2.05) is 67.8 Å². The largest absolute Gasteiger partial charge is 0.493 e. The summed E-state index contributed by atoms with van der Waals surface area (Å²) in [4.78, 5) is 4.82. The Morgan fingerprint density at radius 3 is 2.70 bits per heavy atom. The predicted molar refractivity (Wildman–Crippen MR) is 91.8 cm³/mol. The second-order valence-electron chi connectivity index (χ2n) is 5.58. The molecule has 0 spiro atoms. The molecule has 0 aliphatic carbocycles. The third-order valence-electron chi connectivity index (χ3n) is 4.03. The molecule has 3 aromatic rings. The van der Waals surface area contributed by atoms with Gasteiger partial charge in [-0.25, -0.2) is 4.98 Å². The van der Waals surface area contributed by atoms with Gasteiger partial charge in [-0.1, -0.05) is 25.1 Å². The number of rotatable bonds is 5. The van der Waals surface area contributed by atoms with Crippen LogP contribution >= 0.6 is 0 Å². The number of fused-ring (bicyclic) bond motifs is 1. The maximum absolute atomic E-state index is 10.6. The van der Waals surface area contributed by atoms with Gasteiger partial charge in [-0.15, -0.1) is 0 Å². The summed E-state index contributed by atoms with van der Waals surface area (Å²) in [7, 11) is 0. The summed E-state index contributed by atoms with van der Waals surface area (Å²) in [6, 6.07) is 11.9. The molecule has 1 aromatic carbocycles. The molecule has 0 bridgehead atoms. The molecule has 4 heteroatoms. The van der Waals surface area contributed by atoms with Gasteiger partial charge in [0.15, 0.2) is 0 Å². The van der Waals surface area contributed by atoms with Crippen LogP contribution in [0, 0.1) is 6.92 Å². The molecule has 23 heavy (non-hydrogen) atoms. The van der Waals surface area contributed by atoms with Crippen molar-refractivity contribution in [2.45, 2.75) is 33.3 Å². The Bertz CT molecular complexity index is 823. The number of aliphatic hydroxyl groups is 1. The van der Waals surface area contributed by atoms with Gasteiger partial charge in [-0.05, 0) is 44.0 Å². The summed E-state index contributed by atoms with van der Waals surface area (Å²) >= 11 is 0. The van der Waals surface area contributed by atoms with Gasteiger partial charge in [0, 0.05) is 11.8 Å². The van der Waals surface area contributed by atoms with E-state index in [1.165, 1.54) is 0 Å². The maximum atomic E-state index is 10.6. The summed E-state index contributed by atoms with van der Waals surface area (Å²) in [6.07, 6.45) is 2.01. The number of ether oxygens (including phenoxy) is 1. The number of hydrogen-bond acceptors (Lipinski definition) is 3. The van der Waals surface area contributed by atoms with Crippen LogP contribution in [0.25, 0.3) is 16.9 Å². The molecule has 120 valence electrons. The molecule has 0 amide bonds. The van der Waals surface area contributed by atoms with Gasteiger partial charge in [-0.3, -0.25) is 0 Å². The van der Waals surface area contributed by atoms with Crippen LogP contribution in [0.1, 0.15) is 37.6 Å². The first-order valence-electron chi connectivity index (χ1n) is 8.05. The summed E-state index contributed by atoms with van der Waals surface area (Å²) in [6.45, 7) is 6.56. The van der Waals surface area contributed by atoms with E-state index in [-0.39, 0.29) is 0 Å². The van der Waals surface area contributed by atoms with Crippen LogP contribution in [-0.2, 0) is 0 Å². The SMILES string of the molecule is CCOc1ccccc1-c1nc2c(C)cccn2c1C(O)CC. The van der Waals surface area contributed by atoms with Crippen molar-refractivity contribution >= 4 is 5.65 Å². The zero-order valence-electron chi connectivity index (χ0n) is 13.8. The Morgan fingerprint density at radius 1 is 1.17 bits per heavy atom. The van der Waals surface area contributed by atoms with Gasteiger partial charge in [0.1, 0.15) is 11.4 Å². The summed E-state index contributed by atoms with van der Waals surface area (Å²) < 4.78 is 7.74. The molecular weight excluding hydrogens is 288 g/mol. The molecule has 1 unspecified atom stereocenters. The summed E-state index contributed by atoms with van der Waals surface area (Å²) in [5.41, 5.74) is 4.48. The first kappa shape index (κ1) is 15.6. The standard InChI is InChI=1S/C19H22N2O2/c1-4-15(22)18-17(14-10-6-7-11-16(14)23-5-2)20-19-13(3)9-8-12-21(18)19/h6-12,15,22H,4-5H2,1-3H3. The molecule has 4 nitrogen and oxygen atoms in total. The van der Waals surface area contributed by atoms with Crippen molar-refractivity contribution in [3.05, 3.63) is 53.9 Å². The minimum Gasteiger partial charge on any atom is -0.493 e. The van der Waals surface area contributed by atoms with Crippen molar-refractivity contribution < 1.29 is 9.84 Å². The number of aliphatic hydroxyl groups excluding tert-OH is 1. The molecule has 2 aromatic heterocycles. The number of aromatic nitrogens is 2. The fourth-order valence-electron chi connectivity index (χ4n) is 2.88. The Kier molecular flexibility index (Phi) is 4.35. The number of pyridine rings is 1. The Labute approximate surface area is 136 Å². The fraction of sp³-hybridized carbons (Fsp3) is 0.316. The van der Waals surface area contributed by atoms with Gasteiger partial charge in [-0.2, -0.15) is 0 Å². The molecule has 0 fully saturated rings. The highest BCUT2D eigenvalue weighted by atomic mass is 16.5. The van der Waals surface area contributed by atoms with E-state index in [9.17, 15) is 5.11 Å². The van der Waals surface area contributed by atoms with E-state index in [0.717, 1.165) is 33.9 Å². The van der Waals surface area contributed by atoms with E-state index in [1.54, 1.807) is 0 Å². The average molecular weight is 310 g/mol. The number of nitrogens with zero attached hydrogens (tertiary/aromatic N) is 2. The first-order chi connectivity index (χ1) is 11.2. The van der Waals surface area contributed by atoms with Gasteiger partial charge in [0.2, 0.25) is 0 Å². The Morgan fingerprint density at radius 2 is 1.96 bits per heavy atom. The Balaban J connectivity index is 2.31. The summed E-state index contributed by atoms with van der Waals surface area (Å²) in [5.74, 6) is 0.792. The number of aryl methyl sites for hydroxylation is 1. The lowest BCUT2D eigenvalue weighted by atomic mass is 10.0. The number of hydrogen-bond donors (Lipinski definition) is 1. The van der Waals surface area contributed by atoms with E-state index < -0.39 is 6.10 Å². The van der Waals surface area contributed by atoms with E-state index in [2.05, 4.69) is 0 Å². The van der Waals surface area contributed by atoms with E-state index in [0.29, 0.717) is 13.0 Å². The minimum absolute atomic E-state index is 0.573. The molecule has 1 N–H and O–H groups in total. The molecule has 3 rings (SSSR count). The molecule has 2 heterocycles. The number of benzene rings is 1. The van der Waals surface area contributed by atoms with Crippen molar-refractivity contribution in [3.63, 3.8) is 0 Å². The van der Waals surface area contributed by atoms with Gasteiger partial charge >= 0.3 is 0 Å². The molecule has 1 atom stereocenters. The highest BCUT2D eigenvalue weighted by molar-refractivity contribution is 5.73. The van der Waals surface area contributed by atoms with Gasteiger partial charge < -0.3 is 14.2 Å². The second kappa shape index (κ2) is 6.42. The van der Waals surface area contributed by atoms with Crippen LogP contribution in [0.2, 0.25) is 0 Å². The Hall–Kier alpha value is -2.33. The predicted octanol–water partition coefficient (Wildman–Crippen LogP) is 4.15. The monoisotopic (exact) mass is 310 g/mol. The van der Waals surface area contributed by atoms with Gasteiger partial charge in [0.25, 0.3) is 0 Å². The summed E-state index contributed by atoms with van der Waals surface area (Å²) in [5, 5.41) is 10.6. The number of para-hydroxylation sites is 1. The second-order valence-corrected chi connectivity index (χ2v) is 5.58. The topological polar surface area (TPSA) is 46.8 Å². The zero-order valence-corrected chi connectivity index (χ0v) is 13.8. The normalized spacial score (nSPS) is 12.5. The molecule has 0 radical (unpaired) electrons. The van der Waals surface area contributed by atoms with Crippen LogP contribution in [0.3, 0.4) is 0 Å². The molecular formula is C19H22N2O2. The third-order valence-corrected chi connectivity index (χ3v) is 4.03. The molecule has 0 aliphatic rings. The van der Waals surface area contributed by atoms with Crippen molar-refractivity contribution in [2.75, 3.05) is 6.61 Å². The minimum atomic E-state index is -0.573. The van der Waals surface area contributed by atoms with Crippen LogP contribution in [-0.4, -0.2) is 21.1 Å².